The third kappa shape index (κ3) is 3.02. The molecule has 3 aromatic heterocycles. The molecule has 6 heteroatoms. The van der Waals surface area contributed by atoms with E-state index in [2.05, 4.69) is 53.1 Å². The van der Waals surface area contributed by atoms with E-state index in [4.69, 9.17) is 0 Å². The lowest BCUT2D eigenvalue weighted by atomic mass is 10.3. The molecule has 0 saturated heterocycles. The second kappa shape index (κ2) is 5.81. The summed E-state index contributed by atoms with van der Waals surface area (Å²) in [5, 5.41) is 5.56. The predicted molar refractivity (Wildman–Crippen MR) is 80.4 cm³/mol. The Hall–Kier alpha value is -1.24. The minimum absolute atomic E-state index is 0.809. The lowest BCUT2D eigenvalue weighted by molar-refractivity contribution is 0.674. The molecule has 0 saturated carbocycles. The van der Waals surface area contributed by atoms with E-state index < -0.39 is 0 Å². The number of hydrogen-bond donors (Lipinski definition) is 1. The molecule has 0 aromatic carbocycles. The van der Waals surface area contributed by atoms with Crippen LogP contribution in [-0.4, -0.2) is 20.9 Å². The van der Waals surface area contributed by atoms with E-state index in [1.54, 1.807) is 17.5 Å². The highest BCUT2D eigenvalue weighted by molar-refractivity contribution is 9.10. The van der Waals surface area contributed by atoms with Crippen molar-refractivity contribution >= 4 is 32.9 Å². The molecule has 0 radical (unpaired) electrons. The number of nitrogens with zero attached hydrogens (tertiary/aromatic N) is 3. The molecule has 0 bridgehead atoms. The quantitative estimate of drug-likeness (QED) is 0.728. The Balaban J connectivity index is 1.60. The van der Waals surface area contributed by atoms with Gasteiger partial charge in [-0.1, -0.05) is 6.07 Å². The molecule has 3 heterocycles. The van der Waals surface area contributed by atoms with Crippen molar-refractivity contribution < 1.29 is 0 Å². The van der Waals surface area contributed by atoms with Crippen LogP contribution < -0.4 is 5.32 Å². The summed E-state index contributed by atoms with van der Waals surface area (Å²) in [6, 6.07) is 4.26. The van der Waals surface area contributed by atoms with Crippen LogP contribution in [0.2, 0.25) is 0 Å². The van der Waals surface area contributed by atoms with Crippen LogP contribution in [0.4, 0.5) is 0 Å². The molecule has 0 fully saturated rings. The van der Waals surface area contributed by atoms with E-state index >= 15 is 0 Å². The first-order valence-electron chi connectivity index (χ1n) is 6.03. The number of nitrogens with one attached hydrogen (secondary N) is 1. The van der Waals surface area contributed by atoms with Crippen LogP contribution in [0.1, 0.15) is 10.6 Å². The zero-order valence-electron chi connectivity index (χ0n) is 10.2. The number of hydrogen-bond acceptors (Lipinski definition) is 4. The number of halogens is 1. The van der Waals surface area contributed by atoms with Crippen molar-refractivity contribution in [2.75, 3.05) is 6.54 Å². The highest BCUT2D eigenvalue weighted by Crippen LogP contribution is 2.11. The molecule has 0 aliphatic heterocycles. The van der Waals surface area contributed by atoms with Gasteiger partial charge < -0.3 is 5.32 Å². The average molecular weight is 337 g/mol. The van der Waals surface area contributed by atoms with Crippen LogP contribution >= 0.6 is 27.3 Å². The molecule has 3 rings (SSSR count). The van der Waals surface area contributed by atoms with Crippen LogP contribution in [0.25, 0.3) is 5.65 Å². The Morgan fingerprint density at radius 3 is 3.11 bits per heavy atom. The third-order valence-corrected chi connectivity index (χ3v) is 4.22. The Morgan fingerprint density at radius 1 is 1.32 bits per heavy atom. The fourth-order valence-corrected chi connectivity index (χ4v) is 2.95. The smallest absolute Gasteiger partial charge is 0.155 e. The number of aromatic nitrogens is 3. The first-order valence-corrected chi connectivity index (χ1v) is 7.71. The van der Waals surface area contributed by atoms with Gasteiger partial charge in [0.25, 0.3) is 0 Å². The fourth-order valence-electron chi connectivity index (χ4n) is 1.93. The van der Waals surface area contributed by atoms with Gasteiger partial charge in [-0.2, -0.15) is 0 Å². The normalized spacial score (nSPS) is 11.2. The summed E-state index contributed by atoms with van der Waals surface area (Å²) in [4.78, 5) is 9.91. The first-order chi connectivity index (χ1) is 9.33. The predicted octanol–water partition coefficient (Wildman–Crippen LogP) is 2.89. The summed E-state index contributed by atoms with van der Waals surface area (Å²) in [5.41, 5.74) is 2.02. The van der Waals surface area contributed by atoms with Crippen molar-refractivity contribution in [2.45, 2.75) is 13.0 Å². The standard InChI is InChI=1S/C13H13BrN4S/c14-12-9-18-10(7-17-13(18)8-16-12)6-15-4-3-11-2-1-5-19-11/h1-2,5,7-9,15H,3-4,6H2. The molecule has 0 spiro atoms. The molecule has 1 N–H and O–H groups in total. The Bertz CT molecular complexity index is 662. The van der Waals surface area contributed by atoms with Crippen molar-refractivity contribution in [1.29, 1.82) is 0 Å². The van der Waals surface area contributed by atoms with Crippen LogP contribution in [0, 0.1) is 0 Å². The highest BCUT2D eigenvalue weighted by Gasteiger charge is 2.03. The first kappa shape index (κ1) is 12.8. The van der Waals surface area contributed by atoms with Crippen molar-refractivity contribution in [1.82, 2.24) is 19.7 Å². The molecule has 0 aliphatic rings. The minimum Gasteiger partial charge on any atom is -0.311 e. The van der Waals surface area contributed by atoms with Gasteiger partial charge in [0.15, 0.2) is 5.65 Å². The van der Waals surface area contributed by atoms with E-state index in [1.807, 2.05) is 12.4 Å². The lowest BCUT2D eigenvalue weighted by Crippen LogP contribution is -2.17. The molecule has 0 atom stereocenters. The summed E-state index contributed by atoms with van der Waals surface area (Å²) in [6.07, 6.45) is 6.67. The monoisotopic (exact) mass is 336 g/mol. The minimum atomic E-state index is 0.809. The van der Waals surface area contributed by atoms with Gasteiger partial charge in [0.1, 0.15) is 4.60 Å². The number of fused-ring (bicyclic) bond motifs is 1. The zero-order valence-corrected chi connectivity index (χ0v) is 12.6. The molecule has 0 aliphatic carbocycles. The fraction of sp³-hybridized carbons (Fsp3) is 0.231. The summed E-state index contributed by atoms with van der Waals surface area (Å²) >= 11 is 5.18. The summed E-state index contributed by atoms with van der Waals surface area (Å²) in [7, 11) is 0. The van der Waals surface area contributed by atoms with Gasteiger partial charge in [0.2, 0.25) is 0 Å². The SMILES string of the molecule is Brc1cn2c(CNCCc3cccs3)cnc2cn1. The second-order valence-corrected chi connectivity index (χ2v) is 6.04. The van der Waals surface area contributed by atoms with E-state index in [9.17, 15) is 0 Å². The molecular weight excluding hydrogens is 324 g/mol. The van der Waals surface area contributed by atoms with Gasteiger partial charge in [-0.3, -0.25) is 4.40 Å². The number of imidazole rings is 1. The van der Waals surface area contributed by atoms with Crippen LogP contribution in [0.15, 0.2) is 40.7 Å². The molecule has 0 amide bonds. The number of thiophene rings is 1. The van der Waals surface area contributed by atoms with Gasteiger partial charge in [-0.05, 0) is 33.8 Å². The highest BCUT2D eigenvalue weighted by atomic mass is 79.9. The summed E-state index contributed by atoms with van der Waals surface area (Å²) < 4.78 is 2.87. The Kier molecular flexibility index (Phi) is 3.91. The maximum Gasteiger partial charge on any atom is 0.155 e. The van der Waals surface area contributed by atoms with Crippen molar-refractivity contribution in [2.24, 2.45) is 0 Å². The molecule has 0 unspecified atom stereocenters. The summed E-state index contributed by atoms with van der Waals surface area (Å²) in [5.74, 6) is 0. The van der Waals surface area contributed by atoms with E-state index in [0.717, 1.165) is 35.5 Å². The Labute approximate surface area is 123 Å². The van der Waals surface area contributed by atoms with Crippen molar-refractivity contribution in [3.05, 3.63) is 51.3 Å². The maximum absolute atomic E-state index is 4.33. The largest absolute Gasteiger partial charge is 0.311 e. The van der Waals surface area contributed by atoms with Crippen LogP contribution in [0.3, 0.4) is 0 Å². The second-order valence-electron chi connectivity index (χ2n) is 4.19. The van der Waals surface area contributed by atoms with Gasteiger partial charge in [0, 0.05) is 24.2 Å². The average Bonchev–Trinajstić information content (AvgIpc) is 3.04. The van der Waals surface area contributed by atoms with E-state index in [0.29, 0.717) is 0 Å². The Morgan fingerprint density at radius 2 is 2.26 bits per heavy atom. The van der Waals surface area contributed by atoms with Gasteiger partial charge in [-0.25, -0.2) is 9.97 Å². The zero-order chi connectivity index (χ0) is 13.1. The third-order valence-electron chi connectivity index (χ3n) is 2.88. The van der Waals surface area contributed by atoms with Crippen LogP contribution in [0.5, 0.6) is 0 Å². The molecule has 3 aromatic rings. The maximum atomic E-state index is 4.33. The lowest BCUT2D eigenvalue weighted by Gasteiger charge is -2.04. The summed E-state index contributed by atoms with van der Waals surface area (Å²) in [6.45, 7) is 1.78. The van der Waals surface area contributed by atoms with Gasteiger partial charge >= 0.3 is 0 Å². The molecule has 98 valence electrons. The van der Waals surface area contributed by atoms with E-state index in [1.165, 1.54) is 4.88 Å². The van der Waals surface area contributed by atoms with Gasteiger partial charge in [-0.15, -0.1) is 11.3 Å². The molecule has 4 nitrogen and oxygen atoms in total. The van der Waals surface area contributed by atoms with Gasteiger partial charge in [0.05, 0.1) is 18.1 Å². The topological polar surface area (TPSA) is 42.2 Å². The molecule has 19 heavy (non-hydrogen) atoms. The number of rotatable bonds is 5. The van der Waals surface area contributed by atoms with Crippen LogP contribution in [-0.2, 0) is 13.0 Å². The van der Waals surface area contributed by atoms with Crippen molar-refractivity contribution in [3.63, 3.8) is 0 Å². The molecular formula is C13H13BrN4S. The van der Waals surface area contributed by atoms with Crippen molar-refractivity contribution in [3.8, 4) is 0 Å². The van der Waals surface area contributed by atoms with E-state index in [-0.39, 0.29) is 0 Å².